The van der Waals surface area contributed by atoms with Gasteiger partial charge in [-0.05, 0) is 42.7 Å². The van der Waals surface area contributed by atoms with Crippen LogP contribution in [0.5, 0.6) is 11.5 Å². The molecular formula is C33H28BrNO4. The second kappa shape index (κ2) is 9.38. The minimum absolute atomic E-state index is 0.0550. The predicted molar refractivity (Wildman–Crippen MR) is 155 cm³/mol. The summed E-state index contributed by atoms with van der Waals surface area (Å²) in [6, 6.07) is 30.8. The summed E-state index contributed by atoms with van der Waals surface area (Å²) in [5, 5.41) is 10.8. The number of carbonyl (C=O) groups is 2. The maximum Gasteiger partial charge on any atom is 0.243 e. The fourth-order valence-corrected chi connectivity index (χ4v) is 6.58. The van der Waals surface area contributed by atoms with E-state index in [1.807, 2.05) is 104 Å². The van der Waals surface area contributed by atoms with Crippen molar-refractivity contribution in [1.29, 1.82) is 0 Å². The number of nitrogens with zero attached hydrogens (tertiary/aromatic N) is 1. The summed E-state index contributed by atoms with van der Waals surface area (Å²) in [7, 11) is 0. The van der Waals surface area contributed by atoms with Crippen LogP contribution >= 0.6 is 15.9 Å². The van der Waals surface area contributed by atoms with Gasteiger partial charge in [-0.3, -0.25) is 14.5 Å². The molecule has 0 aromatic heterocycles. The zero-order valence-electron chi connectivity index (χ0n) is 21.7. The summed E-state index contributed by atoms with van der Waals surface area (Å²) in [6.45, 7) is 3.91. The van der Waals surface area contributed by atoms with Crippen molar-refractivity contribution in [1.82, 2.24) is 0 Å². The molecule has 1 atom stereocenters. The van der Waals surface area contributed by atoms with Gasteiger partial charge in [-0.25, -0.2) is 0 Å². The normalized spacial score (nSPS) is 19.1. The fourth-order valence-electron chi connectivity index (χ4n) is 6.27. The molecule has 1 N–H and O–H groups in total. The van der Waals surface area contributed by atoms with Crippen molar-refractivity contribution in [2.45, 2.75) is 37.3 Å². The molecule has 2 aliphatic heterocycles. The number of phenolic OH excluding ortho intramolecular Hbond substituents is 1. The van der Waals surface area contributed by atoms with Crippen LogP contribution in [-0.2, 0) is 10.2 Å². The van der Waals surface area contributed by atoms with E-state index in [1.165, 1.54) is 6.07 Å². The van der Waals surface area contributed by atoms with E-state index in [0.29, 0.717) is 17.7 Å². The Morgan fingerprint density at radius 2 is 1.51 bits per heavy atom. The second-order valence-electron chi connectivity index (χ2n) is 10.8. The number of fused-ring (bicyclic) bond motifs is 4. The molecule has 196 valence electrons. The van der Waals surface area contributed by atoms with Crippen molar-refractivity contribution in [2.75, 3.05) is 10.2 Å². The van der Waals surface area contributed by atoms with Crippen LogP contribution in [0, 0.1) is 0 Å². The van der Waals surface area contributed by atoms with Crippen LogP contribution in [0.25, 0.3) is 0 Å². The third-order valence-corrected chi connectivity index (χ3v) is 8.26. The minimum atomic E-state index is -1.11. The van der Waals surface area contributed by atoms with Crippen LogP contribution in [0.2, 0.25) is 0 Å². The van der Waals surface area contributed by atoms with Crippen molar-refractivity contribution in [3.8, 4) is 11.5 Å². The maximum atomic E-state index is 15.1. The van der Waals surface area contributed by atoms with Crippen molar-refractivity contribution < 1.29 is 19.4 Å². The van der Waals surface area contributed by atoms with E-state index in [-0.39, 0.29) is 34.4 Å². The molecule has 1 spiro atoms. The highest BCUT2D eigenvalue weighted by Crippen LogP contribution is 2.58. The Hall–Kier alpha value is -3.90. The number of para-hydroxylation sites is 1. The molecule has 4 aromatic carbocycles. The molecule has 4 aromatic rings. The van der Waals surface area contributed by atoms with E-state index in [2.05, 4.69) is 15.9 Å². The predicted octanol–water partition coefficient (Wildman–Crippen LogP) is 6.95. The lowest BCUT2D eigenvalue weighted by molar-refractivity contribution is -0.124. The third-order valence-electron chi connectivity index (χ3n) is 7.75. The molecule has 0 saturated heterocycles. The monoisotopic (exact) mass is 581 g/mol. The van der Waals surface area contributed by atoms with Gasteiger partial charge in [-0.15, -0.1) is 0 Å². The van der Waals surface area contributed by atoms with E-state index in [9.17, 15) is 9.90 Å². The molecule has 0 bridgehead atoms. The van der Waals surface area contributed by atoms with Crippen LogP contribution in [0.3, 0.4) is 0 Å². The molecule has 6 rings (SSSR count). The lowest BCUT2D eigenvalue weighted by atomic mass is 9.66. The first-order chi connectivity index (χ1) is 18.8. The van der Waals surface area contributed by atoms with Gasteiger partial charge in [0.2, 0.25) is 5.91 Å². The van der Waals surface area contributed by atoms with Gasteiger partial charge in [0.15, 0.2) is 5.78 Å². The molecule has 39 heavy (non-hydrogen) atoms. The van der Waals surface area contributed by atoms with Crippen molar-refractivity contribution >= 4 is 33.3 Å². The average molecular weight is 582 g/mol. The maximum absolute atomic E-state index is 15.1. The lowest BCUT2D eigenvalue weighted by Gasteiger charge is -2.44. The summed E-state index contributed by atoms with van der Waals surface area (Å²) in [6.07, 6.45) is 0.377. The first-order valence-corrected chi connectivity index (χ1v) is 14.1. The van der Waals surface area contributed by atoms with Gasteiger partial charge in [-0.1, -0.05) is 94.8 Å². The SMILES string of the molecule is CC1(C)CC2(C(=O)N(C(c3ccccc3)c3ccccc3)c3ccccc32)c2cc(C(=O)CBr)c(O)cc2O1. The van der Waals surface area contributed by atoms with Gasteiger partial charge >= 0.3 is 0 Å². The van der Waals surface area contributed by atoms with Crippen LogP contribution in [0.15, 0.2) is 97.1 Å². The number of anilines is 1. The molecule has 6 heteroatoms. The Bertz CT molecular complexity index is 1540. The van der Waals surface area contributed by atoms with Gasteiger partial charge < -0.3 is 9.84 Å². The number of ether oxygens (including phenoxy) is 1. The number of halogens is 1. The van der Waals surface area contributed by atoms with Gasteiger partial charge in [0.25, 0.3) is 0 Å². The van der Waals surface area contributed by atoms with Crippen molar-refractivity contribution in [2.24, 2.45) is 0 Å². The van der Waals surface area contributed by atoms with Crippen LogP contribution in [0.1, 0.15) is 58.9 Å². The Labute approximate surface area is 236 Å². The molecule has 1 amide bonds. The molecule has 2 heterocycles. The van der Waals surface area contributed by atoms with Gasteiger partial charge in [0.05, 0.1) is 16.9 Å². The lowest BCUT2D eigenvalue weighted by Crippen LogP contribution is -2.51. The van der Waals surface area contributed by atoms with Gasteiger partial charge in [0.1, 0.15) is 22.5 Å². The highest BCUT2D eigenvalue weighted by atomic mass is 79.9. The summed E-state index contributed by atoms with van der Waals surface area (Å²) >= 11 is 3.23. The summed E-state index contributed by atoms with van der Waals surface area (Å²) in [5.41, 5.74) is 2.63. The summed E-state index contributed by atoms with van der Waals surface area (Å²) < 4.78 is 6.33. The number of alkyl halides is 1. The number of phenols is 1. The Kier molecular flexibility index (Phi) is 6.11. The number of Topliss-reactive ketones (excluding diaryl/α,β-unsaturated/α-hetero) is 1. The topological polar surface area (TPSA) is 66.8 Å². The largest absolute Gasteiger partial charge is 0.507 e. The number of amides is 1. The molecule has 0 aliphatic carbocycles. The molecular weight excluding hydrogens is 554 g/mol. The van der Waals surface area contributed by atoms with E-state index in [0.717, 1.165) is 22.4 Å². The van der Waals surface area contributed by atoms with Crippen LogP contribution in [0.4, 0.5) is 5.69 Å². The first kappa shape index (κ1) is 25.4. The molecule has 0 saturated carbocycles. The summed E-state index contributed by atoms with van der Waals surface area (Å²) in [5.74, 6) is -0.0942. The van der Waals surface area contributed by atoms with E-state index in [1.54, 1.807) is 6.07 Å². The highest BCUT2D eigenvalue weighted by molar-refractivity contribution is 9.09. The minimum Gasteiger partial charge on any atom is -0.507 e. The van der Waals surface area contributed by atoms with Gasteiger partial charge in [0, 0.05) is 23.7 Å². The number of hydrogen-bond acceptors (Lipinski definition) is 4. The zero-order valence-corrected chi connectivity index (χ0v) is 23.3. The number of benzene rings is 4. The highest BCUT2D eigenvalue weighted by Gasteiger charge is 2.59. The number of aromatic hydroxyl groups is 1. The average Bonchev–Trinajstić information content (AvgIpc) is 3.16. The standard InChI is InChI=1S/C33H28BrNO4/c1-32(2)20-33(25-17-23(28(37)19-34)27(36)18-29(25)39-32)24-15-9-10-16-26(24)35(31(33)38)30(21-11-5-3-6-12-21)22-13-7-4-8-14-22/h3-18,30,36H,19-20H2,1-2H3. The molecule has 2 aliphatic rings. The number of rotatable bonds is 5. The smallest absolute Gasteiger partial charge is 0.243 e. The molecule has 5 nitrogen and oxygen atoms in total. The van der Waals surface area contributed by atoms with Crippen molar-refractivity contribution in [3.05, 3.63) is 125 Å². The van der Waals surface area contributed by atoms with E-state index < -0.39 is 11.0 Å². The number of ketones is 1. The van der Waals surface area contributed by atoms with Crippen LogP contribution < -0.4 is 9.64 Å². The van der Waals surface area contributed by atoms with E-state index in [4.69, 9.17) is 4.74 Å². The Morgan fingerprint density at radius 3 is 2.13 bits per heavy atom. The van der Waals surface area contributed by atoms with Crippen LogP contribution in [-0.4, -0.2) is 27.7 Å². The molecule has 0 fully saturated rings. The Balaban J connectivity index is 1.64. The molecule has 1 unspecified atom stereocenters. The first-order valence-electron chi connectivity index (χ1n) is 13.0. The number of carbonyl (C=O) groups excluding carboxylic acids is 2. The van der Waals surface area contributed by atoms with Crippen molar-refractivity contribution in [3.63, 3.8) is 0 Å². The molecule has 0 radical (unpaired) electrons. The third kappa shape index (κ3) is 3.97. The fraction of sp³-hybridized carbons (Fsp3) is 0.212. The quantitative estimate of drug-likeness (QED) is 0.204. The summed E-state index contributed by atoms with van der Waals surface area (Å²) in [4.78, 5) is 29.8. The van der Waals surface area contributed by atoms with E-state index >= 15 is 4.79 Å². The number of hydrogen-bond donors (Lipinski definition) is 1. The second-order valence-corrected chi connectivity index (χ2v) is 11.3. The zero-order chi connectivity index (χ0) is 27.4. The Morgan fingerprint density at radius 1 is 0.923 bits per heavy atom. The van der Waals surface area contributed by atoms with Gasteiger partial charge in [-0.2, -0.15) is 0 Å².